The van der Waals surface area contributed by atoms with E-state index in [1.54, 1.807) is 6.07 Å². The second kappa shape index (κ2) is 7.91. The van der Waals surface area contributed by atoms with Crippen LogP contribution >= 0.6 is 0 Å². The summed E-state index contributed by atoms with van der Waals surface area (Å²) in [7, 11) is 5.44. The molecule has 0 spiro atoms. The summed E-state index contributed by atoms with van der Waals surface area (Å²) < 4.78 is 13.1. The Morgan fingerprint density at radius 3 is 2.31 bits per heavy atom. The molecule has 0 radical (unpaired) electrons. The Morgan fingerprint density at radius 2 is 1.69 bits per heavy atom. The minimum absolute atomic E-state index is 0.111. The Balaban J connectivity index is 1.51. The van der Waals surface area contributed by atoms with Gasteiger partial charge < -0.3 is 23.8 Å². The summed E-state index contributed by atoms with van der Waals surface area (Å²) in [6.45, 7) is 1.52. The largest absolute Gasteiger partial charge is 0.487 e. The van der Waals surface area contributed by atoms with Gasteiger partial charge in [-0.1, -0.05) is 6.07 Å². The van der Waals surface area contributed by atoms with Gasteiger partial charge in [0, 0.05) is 32.2 Å². The van der Waals surface area contributed by atoms with Gasteiger partial charge in [-0.2, -0.15) is 0 Å². The van der Waals surface area contributed by atoms with Crippen molar-refractivity contribution in [3.63, 3.8) is 0 Å². The molecule has 1 saturated heterocycles. The van der Waals surface area contributed by atoms with Crippen molar-refractivity contribution in [1.82, 2.24) is 4.57 Å². The van der Waals surface area contributed by atoms with Gasteiger partial charge in [0.15, 0.2) is 0 Å². The fourth-order valence-electron chi connectivity index (χ4n) is 3.54. The van der Waals surface area contributed by atoms with Crippen molar-refractivity contribution < 1.29 is 14.3 Å². The smallest absolute Gasteiger partial charge is 0.340 e. The molecule has 1 fully saturated rings. The molecule has 6 nitrogen and oxygen atoms in total. The van der Waals surface area contributed by atoms with Gasteiger partial charge in [0.05, 0.1) is 37.1 Å². The lowest BCUT2D eigenvalue weighted by atomic mass is 10.1. The van der Waals surface area contributed by atoms with E-state index in [1.807, 2.05) is 67.5 Å². The summed E-state index contributed by atoms with van der Waals surface area (Å²) >= 11 is 0. The number of esters is 1. The standard InChI is InChI=1S/C23H25N3O3/c1-24(2)17-9-11-18(12-10-17)29-19-15-26(16-19)21-8-6-7-20(23(27)28-3)22(21)25-13-4-5-14-25/h4-14,19H,15-16H2,1-3H3. The van der Waals surface area contributed by atoms with Crippen LogP contribution in [0.25, 0.3) is 5.69 Å². The Bertz CT molecular complexity index is 975. The third-order valence-corrected chi connectivity index (χ3v) is 5.13. The van der Waals surface area contributed by atoms with Crippen molar-refractivity contribution in [2.75, 3.05) is 44.1 Å². The number of rotatable bonds is 6. The first-order valence-corrected chi connectivity index (χ1v) is 9.60. The monoisotopic (exact) mass is 391 g/mol. The van der Waals surface area contributed by atoms with Crippen LogP contribution in [-0.2, 0) is 4.74 Å². The number of para-hydroxylation sites is 1. The minimum atomic E-state index is -0.343. The van der Waals surface area contributed by atoms with Crippen LogP contribution in [-0.4, -0.2) is 50.9 Å². The maximum Gasteiger partial charge on any atom is 0.340 e. The first kappa shape index (κ1) is 18.9. The first-order chi connectivity index (χ1) is 14.1. The van der Waals surface area contributed by atoms with Crippen LogP contribution in [0, 0.1) is 0 Å². The maximum atomic E-state index is 12.3. The summed E-state index contributed by atoms with van der Waals surface area (Å²) in [5, 5.41) is 0. The molecule has 150 valence electrons. The zero-order valence-corrected chi connectivity index (χ0v) is 16.9. The number of anilines is 2. The van der Waals surface area contributed by atoms with Crippen LogP contribution in [0.15, 0.2) is 67.0 Å². The third kappa shape index (κ3) is 3.78. The van der Waals surface area contributed by atoms with Gasteiger partial charge in [0.1, 0.15) is 11.9 Å². The summed E-state index contributed by atoms with van der Waals surface area (Å²) in [5.74, 6) is 0.527. The van der Waals surface area contributed by atoms with Gasteiger partial charge in [-0.15, -0.1) is 0 Å². The SMILES string of the molecule is COC(=O)c1cccc(N2CC(Oc3ccc(N(C)C)cc3)C2)c1-n1cccc1. The normalized spacial score (nSPS) is 13.7. The molecule has 1 aliphatic rings. The maximum absolute atomic E-state index is 12.3. The number of carbonyl (C=O) groups excluding carboxylic acids is 1. The summed E-state index contributed by atoms with van der Waals surface area (Å²) in [4.78, 5) is 16.6. The molecule has 1 aliphatic heterocycles. The van der Waals surface area contributed by atoms with Crippen LogP contribution in [0.3, 0.4) is 0 Å². The van der Waals surface area contributed by atoms with E-state index >= 15 is 0 Å². The van der Waals surface area contributed by atoms with E-state index in [1.165, 1.54) is 7.11 Å². The highest BCUT2D eigenvalue weighted by Gasteiger charge is 2.32. The molecule has 0 N–H and O–H groups in total. The molecule has 0 unspecified atom stereocenters. The van der Waals surface area contributed by atoms with E-state index in [9.17, 15) is 4.79 Å². The van der Waals surface area contributed by atoms with Crippen molar-refractivity contribution in [3.05, 3.63) is 72.6 Å². The quantitative estimate of drug-likeness (QED) is 0.601. The highest BCUT2D eigenvalue weighted by molar-refractivity contribution is 5.96. The molecule has 0 saturated carbocycles. The zero-order valence-electron chi connectivity index (χ0n) is 16.9. The number of benzene rings is 2. The number of methoxy groups -OCH3 is 1. The predicted molar refractivity (Wildman–Crippen MR) is 115 cm³/mol. The average Bonchev–Trinajstić information content (AvgIpc) is 3.24. The van der Waals surface area contributed by atoms with E-state index in [-0.39, 0.29) is 12.1 Å². The van der Waals surface area contributed by atoms with Crippen LogP contribution in [0.4, 0.5) is 11.4 Å². The Morgan fingerprint density at radius 1 is 1.00 bits per heavy atom. The number of carbonyl (C=O) groups is 1. The molecule has 1 aromatic heterocycles. The Labute approximate surface area is 170 Å². The molecule has 29 heavy (non-hydrogen) atoms. The van der Waals surface area contributed by atoms with E-state index in [4.69, 9.17) is 9.47 Å². The van der Waals surface area contributed by atoms with Crippen LogP contribution in [0.5, 0.6) is 5.75 Å². The second-order valence-corrected chi connectivity index (χ2v) is 7.29. The summed E-state index contributed by atoms with van der Waals surface area (Å²) in [6, 6.07) is 17.7. The number of ether oxygens (including phenoxy) is 2. The van der Waals surface area contributed by atoms with Crippen LogP contribution in [0.2, 0.25) is 0 Å². The summed E-state index contributed by atoms with van der Waals surface area (Å²) in [5.41, 5.74) is 3.51. The molecular formula is C23H25N3O3. The van der Waals surface area contributed by atoms with Crippen LogP contribution in [0.1, 0.15) is 10.4 Å². The molecule has 2 heterocycles. The molecular weight excluding hydrogens is 366 g/mol. The highest BCUT2D eigenvalue weighted by atomic mass is 16.5. The fourth-order valence-corrected chi connectivity index (χ4v) is 3.54. The van der Waals surface area contributed by atoms with Crippen molar-refractivity contribution in [2.45, 2.75) is 6.10 Å². The minimum Gasteiger partial charge on any atom is -0.487 e. The number of aromatic nitrogens is 1. The van der Waals surface area contributed by atoms with Crippen molar-refractivity contribution in [2.24, 2.45) is 0 Å². The molecule has 0 amide bonds. The van der Waals surface area contributed by atoms with E-state index in [2.05, 4.69) is 21.9 Å². The lowest BCUT2D eigenvalue weighted by Gasteiger charge is -2.41. The lowest BCUT2D eigenvalue weighted by molar-refractivity contribution is 0.0601. The van der Waals surface area contributed by atoms with Gasteiger partial charge in [0.2, 0.25) is 0 Å². The highest BCUT2D eigenvalue weighted by Crippen LogP contribution is 2.33. The lowest BCUT2D eigenvalue weighted by Crippen LogP contribution is -2.54. The summed E-state index contributed by atoms with van der Waals surface area (Å²) in [6.07, 6.45) is 3.98. The van der Waals surface area contributed by atoms with E-state index in [0.29, 0.717) is 5.56 Å². The average molecular weight is 391 g/mol. The van der Waals surface area contributed by atoms with Gasteiger partial charge >= 0.3 is 5.97 Å². The topological polar surface area (TPSA) is 46.9 Å². The van der Waals surface area contributed by atoms with Gasteiger partial charge in [-0.25, -0.2) is 4.79 Å². The first-order valence-electron chi connectivity index (χ1n) is 9.60. The molecule has 2 aromatic carbocycles. The Hall–Kier alpha value is -3.41. The van der Waals surface area contributed by atoms with E-state index < -0.39 is 0 Å². The third-order valence-electron chi connectivity index (χ3n) is 5.13. The molecule has 0 bridgehead atoms. The van der Waals surface area contributed by atoms with Crippen molar-refractivity contribution >= 4 is 17.3 Å². The predicted octanol–water partition coefficient (Wildman–Crippen LogP) is 3.60. The van der Waals surface area contributed by atoms with Gasteiger partial charge in [0.25, 0.3) is 0 Å². The Kier molecular flexibility index (Phi) is 5.16. The van der Waals surface area contributed by atoms with Crippen molar-refractivity contribution in [3.8, 4) is 11.4 Å². The van der Waals surface area contributed by atoms with Crippen LogP contribution < -0.4 is 14.5 Å². The zero-order chi connectivity index (χ0) is 20.4. The number of hydrogen-bond donors (Lipinski definition) is 0. The van der Waals surface area contributed by atoms with Gasteiger partial charge in [-0.05, 0) is 48.5 Å². The van der Waals surface area contributed by atoms with Crippen molar-refractivity contribution in [1.29, 1.82) is 0 Å². The molecule has 0 aliphatic carbocycles. The fraction of sp³-hybridized carbons (Fsp3) is 0.261. The molecule has 0 atom stereocenters. The molecule has 6 heteroatoms. The molecule has 3 aromatic rings. The number of nitrogens with zero attached hydrogens (tertiary/aromatic N) is 3. The molecule has 4 rings (SSSR count). The van der Waals surface area contributed by atoms with E-state index in [0.717, 1.165) is 35.9 Å². The second-order valence-electron chi connectivity index (χ2n) is 7.29. The van der Waals surface area contributed by atoms with Gasteiger partial charge in [-0.3, -0.25) is 0 Å². The number of hydrogen-bond acceptors (Lipinski definition) is 5.